The Morgan fingerprint density at radius 2 is 1.66 bits per heavy atom. The Morgan fingerprint density at radius 1 is 0.897 bits per heavy atom. The first kappa shape index (κ1) is 19.9. The maximum absolute atomic E-state index is 12.5. The monoisotopic (exact) mass is 394 g/mol. The summed E-state index contributed by atoms with van der Waals surface area (Å²) >= 11 is 0. The fourth-order valence-electron chi connectivity index (χ4n) is 4.05. The van der Waals surface area contributed by atoms with Gasteiger partial charge in [-0.15, -0.1) is 0 Å². The Bertz CT molecular complexity index is 784. The minimum Gasteiger partial charge on any atom is -0.455 e. The number of benzene rings is 1. The lowest BCUT2D eigenvalue weighted by Crippen LogP contribution is -2.50. The highest BCUT2D eigenvalue weighted by Gasteiger charge is 2.23. The van der Waals surface area contributed by atoms with Gasteiger partial charge in [-0.1, -0.05) is 18.2 Å². The highest BCUT2D eigenvalue weighted by atomic mass is 16.5. The quantitative estimate of drug-likeness (QED) is 0.754. The lowest BCUT2D eigenvalue weighted by atomic mass is 10.1. The van der Waals surface area contributed by atoms with Gasteiger partial charge in [0.1, 0.15) is 11.5 Å². The smallest absolute Gasteiger partial charge is 0.236 e. The van der Waals surface area contributed by atoms with Crippen molar-refractivity contribution in [2.75, 3.05) is 45.8 Å². The van der Waals surface area contributed by atoms with E-state index in [2.05, 4.69) is 26.9 Å². The van der Waals surface area contributed by atoms with E-state index in [4.69, 9.17) is 4.74 Å². The predicted octanol–water partition coefficient (Wildman–Crippen LogP) is 3.00. The molecule has 0 radical (unpaired) electrons. The van der Waals surface area contributed by atoms with Crippen LogP contribution in [0, 0.1) is 0 Å². The van der Waals surface area contributed by atoms with Gasteiger partial charge in [-0.05, 0) is 37.5 Å². The third kappa shape index (κ3) is 5.55. The van der Waals surface area contributed by atoms with Crippen molar-refractivity contribution in [2.24, 2.45) is 0 Å². The van der Waals surface area contributed by atoms with Crippen LogP contribution in [0.2, 0.25) is 0 Å². The van der Waals surface area contributed by atoms with Crippen molar-refractivity contribution in [1.29, 1.82) is 0 Å². The number of likely N-dealkylation sites (tertiary alicyclic amines) is 1. The van der Waals surface area contributed by atoms with Gasteiger partial charge in [0.2, 0.25) is 5.91 Å². The molecule has 6 nitrogen and oxygen atoms in total. The first-order valence-corrected chi connectivity index (χ1v) is 10.7. The Labute approximate surface area is 173 Å². The van der Waals surface area contributed by atoms with Gasteiger partial charge >= 0.3 is 0 Å². The Balaban J connectivity index is 1.28. The van der Waals surface area contributed by atoms with Crippen LogP contribution in [-0.2, 0) is 11.3 Å². The molecule has 0 bridgehead atoms. The number of rotatable bonds is 6. The van der Waals surface area contributed by atoms with E-state index in [0.29, 0.717) is 12.5 Å². The van der Waals surface area contributed by atoms with Gasteiger partial charge in [-0.3, -0.25) is 19.6 Å². The van der Waals surface area contributed by atoms with Crippen molar-refractivity contribution in [3.63, 3.8) is 0 Å². The number of ether oxygens (including phenoxy) is 1. The standard InChI is InChI=1S/C23H30N4O2/c28-23(27-11-4-1-5-12-27)19-26-15-13-25(14-16-26)18-20-7-2-3-9-22(20)29-21-8-6-10-24-17-21/h2-3,6-10,17H,1,4-5,11-16,18-19H2. The summed E-state index contributed by atoms with van der Waals surface area (Å²) in [5.74, 6) is 1.93. The molecule has 1 aromatic heterocycles. The van der Waals surface area contributed by atoms with Crippen molar-refractivity contribution in [1.82, 2.24) is 19.7 Å². The molecule has 0 spiro atoms. The summed E-state index contributed by atoms with van der Waals surface area (Å²) in [6, 6.07) is 12.0. The highest BCUT2D eigenvalue weighted by Crippen LogP contribution is 2.26. The van der Waals surface area contributed by atoms with Crippen molar-refractivity contribution in [3.05, 3.63) is 54.4 Å². The van der Waals surface area contributed by atoms with Gasteiger partial charge in [0.15, 0.2) is 0 Å². The van der Waals surface area contributed by atoms with Crippen molar-refractivity contribution in [2.45, 2.75) is 25.8 Å². The molecule has 1 amide bonds. The maximum Gasteiger partial charge on any atom is 0.236 e. The van der Waals surface area contributed by atoms with Crippen LogP contribution in [0.3, 0.4) is 0 Å². The minimum absolute atomic E-state index is 0.299. The van der Waals surface area contributed by atoms with Gasteiger partial charge in [-0.2, -0.15) is 0 Å². The number of carbonyl (C=O) groups excluding carboxylic acids is 1. The zero-order valence-electron chi connectivity index (χ0n) is 17.0. The third-order valence-electron chi connectivity index (χ3n) is 5.76. The highest BCUT2D eigenvalue weighted by molar-refractivity contribution is 5.78. The van der Waals surface area contributed by atoms with Gasteiger partial charge < -0.3 is 9.64 Å². The molecule has 2 aliphatic rings. The zero-order valence-corrected chi connectivity index (χ0v) is 17.0. The molecular formula is C23H30N4O2. The Kier molecular flexibility index (Phi) is 6.75. The van der Waals surface area contributed by atoms with Gasteiger partial charge in [0.05, 0.1) is 12.7 Å². The normalized spacial score (nSPS) is 18.6. The first-order chi connectivity index (χ1) is 14.3. The first-order valence-electron chi connectivity index (χ1n) is 10.7. The summed E-state index contributed by atoms with van der Waals surface area (Å²) in [6.07, 6.45) is 7.04. The van der Waals surface area contributed by atoms with Crippen LogP contribution in [0.5, 0.6) is 11.5 Å². The van der Waals surface area contributed by atoms with E-state index >= 15 is 0 Å². The van der Waals surface area contributed by atoms with E-state index in [1.807, 2.05) is 29.2 Å². The molecule has 2 aromatic rings. The molecule has 0 unspecified atom stereocenters. The summed E-state index contributed by atoms with van der Waals surface area (Å²) < 4.78 is 6.04. The number of aromatic nitrogens is 1. The Morgan fingerprint density at radius 3 is 2.41 bits per heavy atom. The lowest BCUT2D eigenvalue weighted by molar-refractivity contribution is -0.133. The molecule has 0 aliphatic carbocycles. The number of hydrogen-bond acceptors (Lipinski definition) is 5. The molecule has 2 aliphatic heterocycles. The molecule has 0 atom stereocenters. The minimum atomic E-state index is 0.299. The fraction of sp³-hybridized carbons (Fsp3) is 0.478. The number of piperidine rings is 1. The summed E-state index contributed by atoms with van der Waals surface area (Å²) in [5.41, 5.74) is 1.18. The third-order valence-corrected chi connectivity index (χ3v) is 5.76. The van der Waals surface area contributed by atoms with Crippen molar-refractivity contribution in [3.8, 4) is 11.5 Å². The van der Waals surface area contributed by atoms with Crippen LogP contribution in [0.1, 0.15) is 24.8 Å². The maximum atomic E-state index is 12.5. The second kappa shape index (κ2) is 9.85. The molecule has 3 heterocycles. The number of nitrogens with zero attached hydrogens (tertiary/aromatic N) is 4. The van der Waals surface area contributed by atoms with E-state index in [1.165, 1.54) is 12.0 Å². The summed E-state index contributed by atoms with van der Waals surface area (Å²) in [5, 5.41) is 0. The molecule has 154 valence electrons. The molecular weight excluding hydrogens is 364 g/mol. The van der Waals surface area contributed by atoms with Gasteiger partial charge in [0.25, 0.3) is 0 Å². The topological polar surface area (TPSA) is 48.9 Å². The number of piperazine rings is 1. The SMILES string of the molecule is O=C(CN1CCN(Cc2ccccc2Oc2cccnc2)CC1)N1CCCCC1. The van der Waals surface area contributed by atoms with Crippen LogP contribution < -0.4 is 4.74 Å². The second-order valence-corrected chi connectivity index (χ2v) is 7.89. The molecule has 29 heavy (non-hydrogen) atoms. The predicted molar refractivity (Wildman–Crippen MR) is 113 cm³/mol. The average Bonchev–Trinajstić information content (AvgIpc) is 2.78. The van der Waals surface area contributed by atoms with Crippen molar-refractivity contribution >= 4 is 5.91 Å². The lowest BCUT2D eigenvalue weighted by Gasteiger charge is -2.36. The fourth-order valence-corrected chi connectivity index (χ4v) is 4.05. The Hall–Kier alpha value is -2.44. The van der Waals surface area contributed by atoms with Crippen molar-refractivity contribution < 1.29 is 9.53 Å². The van der Waals surface area contributed by atoms with E-state index in [0.717, 1.165) is 70.2 Å². The van der Waals surface area contributed by atoms with E-state index in [1.54, 1.807) is 12.4 Å². The molecule has 0 N–H and O–H groups in total. The number of carbonyl (C=O) groups is 1. The molecule has 6 heteroatoms. The van der Waals surface area contributed by atoms with Gasteiger partial charge in [-0.25, -0.2) is 0 Å². The van der Waals surface area contributed by atoms with E-state index in [-0.39, 0.29) is 0 Å². The summed E-state index contributed by atoms with van der Waals surface area (Å²) in [7, 11) is 0. The average molecular weight is 395 g/mol. The summed E-state index contributed by atoms with van der Waals surface area (Å²) in [4.78, 5) is 23.4. The van der Waals surface area contributed by atoms with E-state index in [9.17, 15) is 4.79 Å². The number of pyridine rings is 1. The molecule has 2 fully saturated rings. The van der Waals surface area contributed by atoms with E-state index < -0.39 is 0 Å². The van der Waals surface area contributed by atoms with Gasteiger partial charge in [0, 0.05) is 57.6 Å². The number of para-hydroxylation sites is 1. The second-order valence-electron chi connectivity index (χ2n) is 7.89. The van der Waals surface area contributed by atoms with Crippen LogP contribution in [0.25, 0.3) is 0 Å². The van der Waals surface area contributed by atoms with Crippen LogP contribution in [0.4, 0.5) is 0 Å². The number of hydrogen-bond donors (Lipinski definition) is 0. The molecule has 0 saturated carbocycles. The van der Waals surface area contributed by atoms with Crippen LogP contribution >= 0.6 is 0 Å². The largest absolute Gasteiger partial charge is 0.455 e. The zero-order chi connectivity index (χ0) is 19.9. The van der Waals surface area contributed by atoms with Crippen LogP contribution in [-0.4, -0.2) is 71.4 Å². The molecule has 4 rings (SSSR count). The molecule has 1 aromatic carbocycles. The summed E-state index contributed by atoms with van der Waals surface area (Å²) in [6.45, 7) is 7.09. The number of amides is 1. The molecule has 2 saturated heterocycles. The van der Waals surface area contributed by atoms with Crippen LogP contribution in [0.15, 0.2) is 48.8 Å².